The third-order valence-corrected chi connectivity index (χ3v) is 2.64. The van der Waals surface area contributed by atoms with Gasteiger partial charge in [0.15, 0.2) is 0 Å². The van der Waals surface area contributed by atoms with Gasteiger partial charge in [0.05, 0.1) is 5.69 Å². The van der Waals surface area contributed by atoms with Gasteiger partial charge in [0.25, 0.3) is 11.7 Å². The molecule has 1 amide bonds. The maximum absolute atomic E-state index is 11.7. The number of benzene rings is 1. The molecule has 0 saturated carbocycles. The van der Waals surface area contributed by atoms with E-state index in [2.05, 4.69) is 10.3 Å². The summed E-state index contributed by atoms with van der Waals surface area (Å²) in [5, 5.41) is 2.60. The van der Waals surface area contributed by atoms with E-state index in [9.17, 15) is 9.59 Å². The van der Waals surface area contributed by atoms with E-state index in [1.54, 1.807) is 24.4 Å². The molecule has 0 unspecified atom stereocenters. The lowest BCUT2D eigenvalue weighted by Crippen LogP contribution is -2.23. The van der Waals surface area contributed by atoms with Crippen molar-refractivity contribution in [3.63, 3.8) is 0 Å². The standard InChI is InChI=1S/C14H14N2O2/c1-2-10-5-3-6-11(9-10)16-14(18)13(17)12-7-4-8-15-12/h3-9,15H,2H2,1H3,(H,16,18). The Morgan fingerprint density at radius 3 is 2.72 bits per heavy atom. The summed E-state index contributed by atoms with van der Waals surface area (Å²) in [4.78, 5) is 26.2. The largest absolute Gasteiger partial charge is 0.358 e. The number of aromatic amines is 1. The van der Waals surface area contributed by atoms with Crippen LogP contribution in [0.15, 0.2) is 42.6 Å². The Balaban J connectivity index is 2.09. The van der Waals surface area contributed by atoms with Gasteiger partial charge >= 0.3 is 0 Å². The van der Waals surface area contributed by atoms with E-state index < -0.39 is 11.7 Å². The van der Waals surface area contributed by atoms with Gasteiger partial charge in [-0.05, 0) is 36.2 Å². The fourth-order valence-corrected chi connectivity index (χ4v) is 1.65. The molecule has 92 valence electrons. The maximum Gasteiger partial charge on any atom is 0.298 e. The monoisotopic (exact) mass is 242 g/mol. The maximum atomic E-state index is 11.7. The van der Waals surface area contributed by atoms with E-state index in [0.717, 1.165) is 12.0 Å². The zero-order valence-corrected chi connectivity index (χ0v) is 10.1. The lowest BCUT2D eigenvalue weighted by atomic mass is 10.1. The molecule has 0 radical (unpaired) electrons. The normalized spacial score (nSPS) is 10.1. The molecule has 18 heavy (non-hydrogen) atoms. The number of amides is 1. The van der Waals surface area contributed by atoms with Crippen molar-refractivity contribution in [1.29, 1.82) is 0 Å². The average Bonchev–Trinajstić information content (AvgIpc) is 2.92. The van der Waals surface area contributed by atoms with Crippen LogP contribution in [0.2, 0.25) is 0 Å². The van der Waals surface area contributed by atoms with Crippen molar-refractivity contribution in [3.8, 4) is 0 Å². The summed E-state index contributed by atoms with van der Waals surface area (Å²) < 4.78 is 0. The van der Waals surface area contributed by atoms with Crippen LogP contribution in [-0.2, 0) is 11.2 Å². The minimum atomic E-state index is -0.634. The number of carbonyl (C=O) groups excluding carboxylic acids is 2. The number of nitrogens with one attached hydrogen (secondary N) is 2. The molecule has 4 heteroatoms. The summed E-state index contributed by atoms with van der Waals surface area (Å²) in [6.45, 7) is 2.03. The third kappa shape index (κ3) is 2.66. The zero-order valence-electron chi connectivity index (χ0n) is 10.1. The molecule has 1 aromatic heterocycles. The predicted molar refractivity (Wildman–Crippen MR) is 69.6 cm³/mol. The molecule has 0 bridgehead atoms. The second kappa shape index (κ2) is 5.31. The highest BCUT2D eigenvalue weighted by molar-refractivity contribution is 6.46. The lowest BCUT2D eigenvalue weighted by molar-refractivity contribution is -0.112. The zero-order chi connectivity index (χ0) is 13.0. The van der Waals surface area contributed by atoms with Gasteiger partial charge in [0.1, 0.15) is 0 Å². The van der Waals surface area contributed by atoms with E-state index in [-0.39, 0.29) is 0 Å². The number of aryl methyl sites for hydroxylation is 1. The molecule has 1 aromatic carbocycles. The molecule has 2 aromatic rings. The van der Waals surface area contributed by atoms with E-state index >= 15 is 0 Å². The molecule has 2 rings (SSSR count). The SMILES string of the molecule is CCc1cccc(NC(=O)C(=O)c2ccc[nH]2)c1. The Hall–Kier alpha value is -2.36. The first-order chi connectivity index (χ1) is 8.70. The number of H-pyrrole nitrogens is 1. The van der Waals surface area contributed by atoms with Crippen LogP contribution >= 0.6 is 0 Å². The van der Waals surface area contributed by atoms with Crippen molar-refractivity contribution in [1.82, 2.24) is 4.98 Å². The number of rotatable bonds is 4. The van der Waals surface area contributed by atoms with Crippen molar-refractivity contribution in [3.05, 3.63) is 53.9 Å². The molecule has 0 aliphatic heterocycles. The Kier molecular flexibility index (Phi) is 3.57. The molecule has 0 aliphatic carbocycles. The number of hydrogen-bond donors (Lipinski definition) is 2. The van der Waals surface area contributed by atoms with Crippen molar-refractivity contribution < 1.29 is 9.59 Å². The minimum Gasteiger partial charge on any atom is -0.358 e. The molecule has 1 heterocycles. The molecule has 2 N–H and O–H groups in total. The van der Waals surface area contributed by atoms with Gasteiger partial charge in [-0.1, -0.05) is 19.1 Å². The Labute approximate surface area is 105 Å². The summed E-state index contributed by atoms with van der Waals surface area (Å²) in [6.07, 6.45) is 2.49. The fourth-order valence-electron chi connectivity index (χ4n) is 1.65. The first kappa shape index (κ1) is 12.1. The van der Waals surface area contributed by atoms with Crippen LogP contribution in [0.1, 0.15) is 23.0 Å². The Morgan fingerprint density at radius 1 is 1.22 bits per heavy atom. The van der Waals surface area contributed by atoms with Gasteiger partial charge in [-0.15, -0.1) is 0 Å². The van der Waals surface area contributed by atoms with Crippen LogP contribution in [0.4, 0.5) is 5.69 Å². The second-order valence-corrected chi connectivity index (χ2v) is 3.92. The molecule has 0 fully saturated rings. The molecule has 0 spiro atoms. The van der Waals surface area contributed by atoms with Crippen molar-refractivity contribution in [2.45, 2.75) is 13.3 Å². The highest BCUT2D eigenvalue weighted by atomic mass is 16.2. The quantitative estimate of drug-likeness (QED) is 0.638. The van der Waals surface area contributed by atoms with E-state index in [4.69, 9.17) is 0 Å². The van der Waals surface area contributed by atoms with Crippen LogP contribution in [0.5, 0.6) is 0 Å². The lowest BCUT2D eigenvalue weighted by Gasteiger charge is -2.05. The number of carbonyl (C=O) groups is 2. The molecule has 4 nitrogen and oxygen atoms in total. The number of ketones is 1. The van der Waals surface area contributed by atoms with E-state index in [1.165, 1.54) is 0 Å². The number of anilines is 1. The predicted octanol–water partition coefficient (Wildman–Crippen LogP) is 2.40. The van der Waals surface area contributed by atoms with Crippen molar-refractivity contribution in [2.75, 3.05) is 5.32 Å². The summed E-state index contributed by atoms with van der Waals surface area (Å²) in [5.41, 5.74) is 2.04. The average molecular weight is 242 g/mol. The summed E-state index contributed by atoms with van der Waals surface area (Å²) in [6, 6.07) is 10.7. The summed E-state index contributed by atoms with van der Waals surface area (Å²) in [5.74, 6) is -1.20. The van der Waals surface area contributed by atoms with Crippen molar-refractivity contribution >= 4 is 17.4 Å². The van der Waals surface area contributed by atoms with Gasteiger partial charge in [0.2, 0.25) is 0 Å². The molecule has 0 atom stereocenters. The molecular formula is C14H14N2O2. The number of hydrogen-bond acceptors (Lipinski definition) is 2. The number of Topliss-reactive ketones (excluding diaryl/α,β-unsaturated/α-hetero) is 1. The highest BCUT2D eigenvalue weighted by Gasteiger charge is 2.16. The van der Waals surface area contributed by atoms with Crippen LogP contribution in [0.25, 0.3) is 0 Å². The van der Waals surface area contributed by atoms with E-state index in [0.29, 0.717) is 11.4 Å². The van der Waals surface area contributed by atoms with Crippen LogP contribution in [0, 0.1) is 0 Å². The van der Waals surface area contributed by atoms with Crippen LogP contribution < -0.4 is 5.32 Å². The number of aromatic nitrogens is 1. The highest BCUT2D eigenvalue weighted by Crippen LogP contribution is 2.11. The van der Waals surface area contributed by atoms with Gasteiger partial charge in [0, 0.05) is 11.9 Å². The first-order valence-corrected chi connectivity index (χ1v) is 5.78. The summed E-state index contributed by atoms with van der Waals surface area (Å²) >= 11 is 0. The van der Waals surface area contributed by atoms with Gasteiger partial charge in [-0.2, -0.15) is 0 Å². The van der Waals surface area contributed by atoms with Crippen molar-refractivity contribution in [2.24, 2.45) is 0 Å². The minimum absolute atomic E-state index is 0.291. The van der Waals surface area contributed by atoms with Crippen LogP contribution in [-0.4, -0.2) is 16.7 Å². The first-order valence-electron chi connectivity index (χ1n) is 5.78. The smallest absolute Gasteiger partial charge is 0.298 e. The molecular weight excluding hydrogens is 228 g/mol. The fraction of sp³-hybridized carbons (Fsp3) is 0.143. The molecule has 0 saturated heterocycles. The van der Waals surface area contributed by atoms with Gasteiger partial charge < -0.3 is 10.3 Å². The third-order valence-electron chi connectivity index (χ3n) is 2.64. The Bertz CT molecular complexity index is 559. The van der Waals surface area contributed by atoms with Gasteiger partial charge in [-0.3, -0.25) is 9.59 Å². The van der Waals surface area contributed by atoms with E-state index in [1.807, 2.05) is 25.1 Å². The second-order valence-electron chi connectivity index (χ2n) is 3.92. The topological polar surface area (TPSA) is 62.0 Å². The van der Waals surface area contributed by atoms with Gasteiger partial charge in [-0.25, -0.2) is 0 Å². The molecule has 0 aliphatic rings. The summed E-state index contributed by atoms with van der Waals surface area (Å²) in [7, 11) is 0. The Morgan fingerprint density at radius 2 is 2.06 bits per heavy atom. The van der Waals surface area contributed by atoms with Crippen LogP contribution in [0.3, 0.4) is 0 Å².